The zero-order chi connectivity index (χ0) is 36.7. The molecule has 8 nitrogen and oxygen atoms in total. The minimum atomic E-state index is -4.79. The Morgan fingerprint density at radius 3 is 0.904 bits per heavy atom. The Morgan fingerprint density at radius 1 is 0.385 bits per heavy atom. The monoisotopic (exact) mass is 732 g/mol. The van der Waals surface area contributed by atoms with E-state index in [9.17, 15) is 28.7 Å². The third kappa shape index (κ3) is 8.59. The molecule has 6 N–H and O–H groups in total. The lowest BCUT2D eigenvalue weighted by molar-refractivity contribution is 0.147. The van der Waals surface area contributed by atoms with Crippen molar-refractivity contribution in [3.63, 3.8) is 0 Å². The molecule has 0 aromatic heterocycles. The highest BCUT2D eigenvalue weighted by Gasteiger charge is 2.52. The Balaban J connectivity index is 1.75. The summed E-state index contributed by atoms with van der Waals surface area (Å²) in [6.45, 7) is 0. The molecule has 0 saturated carbocycles. The lowest BCUT2D eigenvalue weighted by atomic mass is 9.77. The van der Waals surface area contributed by atoms with Crippen LogP contribution in [0.1, 0.15) is 33.4 Å². The maximum Gasteiger partial charge on any atom is 0.328 e. The first kappa shape index (κ1) is 37.3. The first-order valence-corrected chi connectivity index (χ1v) is 20.5. The fourth-order valence-electron chi connectivity index (χ4n) is 7.29. The standard InChI is InChI=1S/C42H42N2O6P2/c45-51(46,47)32-40(35-21-9-2-10-22-35,36-23-11-3-12-24-36)43-42(39-29-17-6-18-30-39,31-34-19-7-1-8-20-34)44-41(33-52(48,49)50,37-25-13-4-14-26-37)38-27-15-5-16-28-38/h1-30,43-44H,31-33H2,(H2,45,46,47)(H2,48,49,50). The van der Waals surface area contributed by atoms with Crippen LogP contribution in [0.5, 0.6) is 0 Å². The van der Waals surface area contributed by atoms with Crippen LogP contribution in [0.4, 0.5) is 0 Å². The van der Waals surface area contributed by atoms with Crippen molar-refractivity contribution in [2.75, 3.05) is 12.3 Å². The molecule has 0 fully saturated rings. The van der Waals surface area contributed by atoms with E-state index < -0.39 is 44.3 Å². The van der Waals surface area contributed by atoms with E-state index in [0.29, 0.717) is 27.8 Å². The fraction of sp³-hybridized carbons (Fsp3) is 0.143. The van der Waals surface area contributed by atoms with E-state index in [4.69, 9.17) is 0 Å². The van der Waals surface area contributed by atoms with E-state index in [1.54, 1.807) is 0 Å². The van der Waals surface area contributed by atoms with E-state index in [1.165, 1.54) is 0 Å². The van der Waals surface area contributed by atoms with Crippen molar-refractivity contribution in [3.05, 3.63) is 215 Å². The molecule has 0 heterocycles. The van der Waals surface area contributed by atoms with Gasteiger partial charge in [-0.25, -0.2) is 0 Å². The zero-order valence-electron chi connectivity index (χ0n) is 28.4. The highest BCUT2D eigenvalue weighted by atomic mass is 31.2. The molecule has 0 aliphatic heterocycles. The van der Waals surface area contributed by atoms with Crippen LogP contribution in [0.25, 0.3) is 0 Å². The second-order valence-corrected chi connectivity index (χ2v) is 16.4. The third-order valence-electron chi connectivity index (χ3n) is 9.38. The van der Waals surface area contributed by atoms with Crippen molar-refractivity contribution in [3.8, 4) is 0 Å². The number of hydrogen-bond donors (Lipinski definition) is 6. The number of rotatable bonds is 15. The van der Waals surface area contributed by atoms with Gasteiger partial charge >= 0.3 is 15.2 Å². The number of benzene rings is 6. The Kier molecular flexibility index (Phi) is 11.2. The van der Waals surface area contributed by atoms with Crippen LogP contribution in [0, 0.1) is 0 Å². The molecule has 10 heteroatoms. The largest absolute Gasteiger partial charge is 0.328 e. The van der Waals surface area contributed by atoms with Gasteiger partial charge in [0.2, 0.25) is 0 Å². The quantitative estimate of drug-likeness (QED) is 0.0472. The topological polar surface area (TPSA) is 139 Å². The molecule has 0 saturated heterocycles. The predicted octanol–water partition coefficient (Wildman–Crippen LogP) is 7.50. The van der Waals surface area contributed by atoms with Gasteiger partial charge in [0, 0.05) is 6.42 Å². The SMILES string of the molecule is O=P(O)(O)CC(NC(Cc1ccccc1)(NC(CP(=O)(O)O)(c1ccccc1)c1ccccc1)c1ccccc1)(c1ccccc1)c1ccccc1. The second-order valence-electron chi connectivity index (χ2n) is 13.1. The van der Waals surface area contributed by atoms with Gasteiger partial charge in [-0.2, -0.15) is 0 Å². The maximum absolute atomic E-state index is 13.4. The molecule has 0 unspecified atom stereocenters. The summed E-state index contributed by atoms with van der Waals surface area (Å²) in [4.78, 5) is 43.7. The van der Waals surface area contributed by atoms with E-state index in [1.807, 2.05) is 182 Å². The molecule has 0 radical (unpaired) electrons. The van der Waals surface area contributed by atoms with Gasteiger partial charge in [-0.05, 0) is 33.4 Å². The number of nitrogens with one attached hydrogen (secondary N) is 2. The van der Waals surface area contributed by atoms with Crippen LogP contribution >= 0.6 is 15.2 Å². The van der Waals surface area contributed by atoms with E-state index in [-0.39, 0.29) is 6.42 Å². The first-order valence-electron chi connectivity index (χ1n) is 16.9. The molecule has 0 aliphatic rings. The van der Waals surface area contributed by atoms with Crippen molar-refractivity contribution >= 4 is 15.2 Å². The molecule has 6 rings (SSSR count). The van der Waals surface area contributed by atoms with Crippen LogP contribution in [-0.2, 0) is 32.3 Å². The Labute approximate surface area is 304 Å². The van der Waals surface area contributed by atoms with Crippen molar-refractivity contribution in [2.24, 2.45) is 0 Å². The molecule has 0 aliphatic carbocycles. The molecular weight excluding hydrogens is 690 g/mol. The van der Waals surface area contributed by atoms with Gasteiger partial charge < -0.3 is 19.6 Å². The molecule has 0 amide bonds. The number of hydrogen-bond acceptors (Lipinski definition) is 4. The van der Waals surface area contributed by atoms with Crippen molar-refractivity contribution in [1.29, 1.82) is 0 Å². The van der Waals surface area contributed by atoms with Gasteiger partial charge in [0.1, 0.15) is 5.66 Å². The summed E-state index contributed by atoms with van der Waals surface area (Å²) >= 11 is 0. The van der Waals surface area contributed by atoms with E-state index >= 15 is 0 Å². The van der Waals surface area contributed by atoms with Gasteiger partial charge in [0.15, 0.2) is 0 Å². The summed E-state index contributed by atoms with van der Waals surface area (Å²) in [5, 5.41) is 7.72. The molecular formula is C42H42N2O6P2. The summed E-state index contributed by atoms with van der Waals surface area (Å²) in [6, 6.07) is 55.9. The minimum Gasteiger partial charge on any atom is -0.324 e. The zero-order valence-corrected chi connectivity index (χ0v) is 30.2. The van der Waals surface area contributed by atoms with Crippen molar-refractivity contribution in [1.82, 2.24) is 10.6 Å². The summed E-state index contributed by atoms with van der Waals surface area (Å²) in [7, 11) is -9.59. The fourth-order valence-corrected chi connectivity index (χ4v) is 9.42. The van der Waals surface area contributed by atoms with Gasteiger partial charge in [-0.3, -0.25) is 19.8 Å². The Bertz CT molecular complexity index is 1920. The van der Waals surface area contributed by atoms with Gasteiger partial charge in [-0.1, -0.05) is 182 Å². The lowest BCUT2D eigenvalue weighted by Gasteiger charge is -2.52. The van der Waals surface area contributed by atoms with E-state index in [2.05, 4.69) is 10.6 Å². The molecule has 0 spiro atoms. The van der Waals surface area contributed by atoms with Gasteiger partial charge in [0.05, 0.1) is 23.4 Å². The molecule has 266 valence electrons. The van der Waals surface area contributed by atoms with Crippen LogP contribution in [-0.4, -0.2) is 31.9 Å². The van der Waals surface area contributed by atoms with E-state index in [0.717, 1.165) is 5.56 Å². The lowest BCUT2D eigenvalue weighted by Crippen LogP contribution is -2.69. The summed E-state index contributed by atoms with van der Waals surface area (Å²) in [5.41, 5.74) is -0.615. The summed E-state index contributed by atoms with van der Waals surface area (Å²) in [6.07, 6.45) is -1.05. The predicted molar refractivity (Wildman–Crippen MR) is 206 cm³/mol. The average molecular weight is 733 g/mol. The van der Waals surface area contributed by atoms with Crippen LogP contribution in [0.3, 0.4) is 0 Å². The highest BCUT2D eigenvalue weighted by molar-refractivity contribution is 7.52. The van der Waals surface area contributed by atoms with Gasteiger partial charge in [0.25, 0.3) is 0 Å². The van der Waals surface area contributed by atoms with Crippen LogP contribution in [0.15, 0.2) is 182 Å². The van der Waals surface area contributed by atoms with Crippen LogP contribution < -0.4 is 10.6 Å². The molecule has 52 heavy (non-hydrogen) atoms. The molecule has 6 aromatic carbocycles. The average Bonchev–Trinajstić information content (AvgIpc) is 3.15. The summed E-state index contributed by atoms with van der Waals surface area (Å²) < 4.78 is 26.8. The highest BCUT2D eigenvalue weighted by Crippen LogP contribution is 2.50. The van der Waals surface area contributed by atoms with Gasteiger partial charge in [-0.15, -0.1) is 0 Å². The van der Waals surface area contributed by atoms with Crippen LogP contribution in [0.2, 0.25) is 0 Å². The molecule has 6 aromatic rings. The Morgan fingerprint density at radius 2 is 0.635 bits per heavy atom. The Hall–Kier alpha value is -4.46. The first-order chi connectivity index (χ1) is 24.9. The van der Waals surface area contributed by atoms with Crippen molar-refractivity contribution < 1.29 is 28.7 Å². The normalized spacial score (nSPS) is 12.8. The van der Waals surface area contributed by atoms with Crippen molar-refractivity contribution in [2.45, 2.75) is 23.2 Å². The summed E-state index contributed by atoms with van der Waals surface area (Å²) in [5.74, 6) is 0. The second kappa shape index (κ2) is 15.6. The molecule has 0 bridgehead atoms. The molecule has 0 atom stereocenters. The minimum absolute atomic E-state index is 0.197. The maximum atomic E-state index is 13.4. The third-order valence-corrected chi connectivity index (χ3v) is 11.2. The smallest absolute Gasteiger partial charge is 0.324 e.